The van der Waals surface area contributed by atoms with E-state index in [1.807, 2.05) is 13.8 Å². The van der Waals surface area contributed by atoms with Crippen LogP contribution in [0.5, 0.6) is 0 Å². The fourth-order valence-corrected chi connectivity index (χ4v) is 5.84. The summed E-state index contributed by atoms with van der Waals surface area (Å²) in [6, 6.07) is 3.08. The van der Waals surface area contributed by atoms with Crippen molar-refractivity contribution in [3.63, 3.8) is 0 Å². The molecule has 0 aliphatic carbocycles. The molecule has 0 unspecified atom stereocenters. The van der Waals surface area contributed by atoms with E-state index in [-0.39, 0.29) is 22.0 Å². The van der Waals surface area contributed by atoms with Crippen LogP contribution in [0.4, 0.5) is 21.8 Å². The summed E-state index contributed by atoms with van der Waals surface area (Å²) in [5, 5.41) is 0.0846. The Balaban J connectivity index is 2.25. The molecule has 176 valence electrons. The molecule has 0 bridgehead atoms. The quantitative estimate of drug-likeness (QED) is 0.315. The fourth-order valence-electron chi connectivity index (χ4n) is 5.63. The standard InChI is InChI=1S/C24H25BClF5N2/c1-7-17-12(3)22-21(19-11-16(24(27,28)29)9-10-20(19)26)23-13(4)18(8-2)15(6)33(23)25(30,31)32(22)14(17)5/h9-11H,7-8H2,1-6H3. The van der Waals surface area contributed by atoms with Gasteiger partial charge in [0.05, 0.1) is 11.1 Å². The Labute approximate surface area is 195 Å². The Morgan fingerprint density at radius 1 is 1.03 bits per heavy atom. The first-order chi connectivity index (χ1) is 15.3. The highest BCUT2D eigenvalue weighted by molar-refractivity contribution is 6.58. The molecule has 0 N–H and O–H groups in total. The van der Waals surface area contributed by atoms with Crippen molar-refractivity contribution in [1.82, 2.24) is 4.48 Å². The molecule has 0 saturated heterocycles. The van der Waals surface area contributed by atoms with Crippen molar-refractivity contribution < 1.29 is 26.3 Å². The van der Waals surface area contributed by atoms with E-state index in [2.05, 4.69) is 0 Å². The molecule has 1 aromatic heterocycles. The zero-order chi connectivity index (χ0) is 24.6. The average molecular weight is 483 g/mol. The summed E-state index contributed by atoms with van der Waals surface area (Å²) in [6.07, 6.45) is -3.54. The number of rotatable bonds is 3. The molecule has 2 aliphatic heterocycles. The number of allylic oxidation sites excluding steroid dienone is 2. The molecule has 9 heteroatoms. The highest BCUT2D eigenvalue weighted by Gasteiger charge is 2.57. The van der Waals surface area contributed by atoms with Crippen molar-refractivity contribution in [1.29, 1.82) is 0 Å². The maximum absolute atomic E-state index is 16.2. The Bertz CT molecular complexity index is 1290. The first-order valence-corrected chi connectivity index (χ1v) is 11.3. The highest BCUT2D eigenvalue weighted by Crippen LogP contribution is 2.49. The molecule has 0 radical (unpaired) electrons. The minimum Gasteiger partial charge on any atom is -0.393 e. The van der Waals surface area contributed by atoms with Crippen LogP contribution in [0.3, 0.4) is 0 Å². The van der Waals surface area contributed by atoms with Crippen molar-refractivity contribution in [2.24, 2.45) is 0 Å². The minimum atomic E-state index is -4.59. The van der Waals surface area contributed by atoms with Crippen molar-refractivity contribution >= 4 is 29.9 Å². The highest BCUT2D eigenvalue weighted by atomic mass is 35.5. The van der Waals surface area contributed by atoms with Crippen LogP contribution in [0.2, 0.25) is 5.02 Å². The molecule has 0 atom stereocenters. The summed E-state index contributed by atoms with van der Waals surface area (Å²) in [5.74, 6) is 0. The number of hydrogen-bond acceptors (Lipinski definition) is 0. The van der Waals surface area contributed by atoms with Crippen LogP contribution >= 0.6 is 11.6 Å². The molecule has 1 aromatic carbocycles. The van der Waals surface area contributed by atoms with Crippen LogP contribution in [0, 0.1) is 13.8 Å². The Kier molecular flexibility index (Phi) is 5.47. The van der Waals surface area contributed by atoms with Crippen LogP contribution in [-0.4, -0.2) is 21.6 Å². The number of fused-ring (bicyclic) bond motifs is 2. The van der Waals surface area contributed by atoms with Gasteiger partial charge >= 0.3 is 13.1 Å². The van der Waals surface area contributed by atoms with Crippen LogP contribution in [0.25, 0.3) is 5.57 Å². The average Bonchev–Trinajstić information content (AvgIpc) is 3.13. The van der Waals surface area contributed by atoms with Gasteiger partial charge in [0.15, 0.2) is 5.70 Å². The summed E-state index contributed by atoms with van der Waals surface area (Å²) in [4.78, 5) is 0. The van der Waals surface area contributed by atoms with E-state index in [4.69, 9.17) is 11.6 Å². The number of alkyl halides is 3. The number of hydrogen-bond donors (Lipinski definition) is 0. The predicted octanol–water partition coefficient (Wildman–Crippen LogP) is 7.55. The van der Waals surface area contributed by atoms with E-state index >= 15 is 8.63 Å². The Hall–Kier alpha value is -2.35. The zero-order valence-corrected chi connectivity index (χ0v) is 20.1. The van der Waals surface area contributed by atoms with Crippen LogP contribution in [-0.2, 0) is 12.6 Å². The smallest absolute Gasteiger partial charge is 0.393 e. The lowest BCUT2D eigenvalue weighted by Crippen LogP contribution is -2.51. The molecule has 0 spiro atoms. The lowest BCUT2D eigenvalue weighted by Gasteiger charge is -2.34. The second kappa shape index (κ2) is 7.59. The lowest BCUT2D eigenvalue weighted by atomic mass is 9.83. The topological polar surface area (TPSA) is 7.94 Å². The van der Waals surface area contributed by atoms with E-state index in [9.17, 15) is 13.2 Å². The molecule has 0 fully saturated rings. The molecule has 4 rings (SSSR count). The van der Waals surface area contributed by atoms with Gasteiger partial charge < -0.3 is 17.6 Å². The lowest BCUT2D eigenvalue weighted by molar-refractivity contribution is -0.363. The van der Waals surface area contributed by atoms with Crippen LogP contribution < -0.4 is 0 Å². The minimum absolute atomic E-state index is 0.0846. The van der Waals surface area contributed by atoms with Gasteiger partial charge in [-0.1, -0.05) is 25.4 Å². The normalized spacial score (nSPS) is 17.8. The van der Waals surface area contributed by atoms with Gasteiger partial charge in [0, 0.05) is 34.3 Å². The van der Waals surface area contributed by atoms with E-state index in [1.165, 1.54) is 6.07 Å². The van der Waals surface area contributed by atoms with Crippen molar-refractivity contribution in [2.45, 2.75) is 60.6 Å². The number of aromatic nitrogens is 1. The number of nitrogens with zero attached hydrogens (tertiary/aromatic N) is 2. The summed E-state index contributed by atoms with van der Waals surface area (Å²) in [7, 11) is 0. The number of halogens is 6. The molecule has 33 heavy (non-hydrogen) atoms. The van der Waals surface area contributed by atoms with Crippen LogP contribution in [0.15, 0.2) is 35.0 Å². The SMILES string of the molecule is CCC1=C(C)C2=C(c3cc(C(F)(F)F)ccc3Cl)c3c(C)c(CC)c(C)n3[B-](F)(F)[N+]2=C1C. The van der Waals surface area contributed by atoms with Crippen molar-refractivity contribution in [3.8, 4) is 0 Å². The maximum atomic E-state index is 16.2. The molecular formula is C24H25BClF5N2. The van der Waals surface area contributed by atoms with Gasteiger partial charge in [0.25, 0.3) is 0 Å². The third-order valence-electron chi connectivity index (χ3n) is 7.06. The molecule has 0 saturated carbocycles. The second-order valence-electron chi connectivity index (χ2n) is 8.68. The third-order valence-corrected chi connectivity index (χ3v) is 7.39. The van der Waals surface area contributed by atoms with Gasteiger partial charge in [0.2, 0.25) is 0 Å². The largest absolute Gasteiger partial charge is 0.737 e. The second-order valence-corrected chi connectivity index (χ2v) is 9.09. The number of benzene rings is 1. The van der Waals surface area contributed by atoms with Crippen molar-refractivity contribution in [3.05, 3.63) is 73.7 Å². The fraction of sp³-hybridized carbons (Fsp3) is 0.375. The zero-order valence-electron chi connectivity index (χ0n) is 19.4. The van der Waals surface area contributed by atoms with Crippen molar-refractivity contribution in [2.75, 3.05) is 0 Å². The first-order valence-electron chi connectivity index (χ1n) is 11.0. The predicted molar refractivity (Wildman–Crippen MR) is 123 cm³/mol. The monoisotopic (exact) mass is 482 g/mol. The molecule has 2 aromatic rings. The first kappa shape index (κ1) is 23.8. The van der Waals surface area contributed by atoms with Gasteiger partial charge in [-0.05, 0) is 68.6 Å². The molecule has 2 aliphatic rings. The summed E-state index contributed by atoms with van der Waals surface area (Å²) in [6.45, 7) is 6.32. The van der Waals surface area contributed by atoms with E-state index in [1.54, 1.807) is 27.7 Å². The summed E-state index contributed by atoms with van der Waals surface area (Å²) >= 11 is 6.46. The van der Waals surface area contributed by atoms with Gasteiger partial charge in [-0.2, -0.15) is 13.2 Å². The molecule has 0 amide bonds. The summed E-state index contributed by atoms with van der Waals surface area (Å²) in [5.41, 5.74) is 3.70. The van der Waals surface area contributed by atoms with E-state index in [0.717, 1.165) is 32.2 Å². The van der Waals surface area contributed by atoms with Gasteiger partial charge in [0.1, 0.15) is 5.71 Å². The van der Waals surface area contributed by atoms with E-state index < -0.39 is 18.7 Å². The Morgan fingerprint density at radius 3 is 2.21 bits per heavy atom. The van der Waals surface area contributed by atoms with E-state index in [0.29, 0.717) is 41.0 Å². The summed E-state index contributed by atoms with van der Waals surface area (Å²) < 4.78 is 75.3. The van der Waals surface area contributed by atoms with Crippen LogP contribution in [0.1, 0.15) is 67.8 Å². The molecular weight excluding hydrogens is 458 g/mol. The van der Waals surface area contributed by atoms with Gasteiger partial charge in [-0.3, -0.25) is 0 Å². The maximum Gasteiger partial charge on any atom is 0.737 e. The Morgan fingerprint density at radius 2 is 1.67 bits per heavy atom. The van der Waals surface area contributed by atoms with Gasteiger partial charge in [-0.15, -0.1) is 0 Å². The molecule has 2 nitrogen and oxygen atoms in total. The van der Waals surface area contributed by atoms with Gasteiger partial charge in [-0.25, -0.2) is 0 Å². The third kappa shape index (κ3) is 3.16. The molecule has 3 heterocycles.